The van der Waals surface area contributed by atoms with Crippen LogP contribution in [-0.4, -0.2) is 30.5 Å². The summed E-state index contributed by atoms with van der Waals surface area (Å²) in [6, 6.07) is 6.90. The molecule has 0 radical (unpaired) electrons. The largest absolute Gasteiger partial charge is 0.480 e. The molecule has 0 amide bonds. The van der Waals surface area contributed by atoms with E-state index in [9.17, 15) is 13.2 Å². The van der Waals surface area contributed by atoms with Crippen LogP contribution in [0, 0.1) is 0 Å². The smallest absolute Gasteiger partial charge is 0.323 e. The van der Waals surface area contributed by atoms with Gasteiger partial charge < -0.3 is 5.11 Å². The normalized spacial score (nSPS) is 13.0. The fourth-order valence-corrected chi connectivity index (χ4v) is 2.96. The number of hydrogen-bond acceptors (Lipinski definition) is 4. The number of nitrogens with one attached hydrogen (secondary N) is 1. The van der Waals surface area contributed by atoms with E-state index in [1.165, 1.54) is 11.8 Å². The number of aliphatic carboxylic acids is 1. The highest BCUT2D eigenvalue weighted by Gasteiger charge is 2.28. The van der Waals surface area contributed by atoms with Gasteiger partial charge in [0.15, 0.2) is 5.25 Å². The predicted molar refractivity (Wildman–Crippen MR) is 72.5 cm³/mol. The maximum atomic E-state index is 11.8. The summed E-state index contributed by atoms with van der Waals surface area (Å²) in [6.45, 7) is 3.09. The highest BCUT2D eigenvalue weighted by Crippen LogP contribution is 2.27. The molecule has 0 aliphatic rings. The van der Waals surface area contributed by atoms with E-state index < -0.39 is 21.2 Å². The van der Waals surface area contributed by atoms with E-state index >= 15 is 0 Å². The Morgan fingerprint density at radius 3 is 2.61 bits per heavy atom. The van der Waals surface area contributed by atoms with E-state index in [0.29, 0.717) is 5.69 Å². The zero-order valence-electron chi connectivity index (χ0n) is 10.1. The molecule has 0 bridgehead atoms. The summed E-state index contributed by atoms with van der Waals surface area (Å²) in [7, 11) is -3.92. The Hall–Kier alpha value is -1.21. The van der Waals surface area contributed by atoms with Gasteiger partial charge in [-0.25, -0.2) is 8.42 Å². The van der Waals surface area contributed by atoms with Crippen molar-refractivity contribution >= 4 is 33.4 Å². The number of carbonyl (C=O) groups is 1. The van der Waals surface area contributed by atoms with Crippen molar-refractivity contribution in [2.24, 2.45) is 0 Å². The van der Waals surface area contributed by atoms with Crippen LogP contribution in [0.15, 0.2) is 29.2 Å². The summed E-state index contributed by atoms with van der Waals surface area (Å²) in [5.41, 5.74) is 0.414. The van der Waals surface area contributed by atoms with Gasteiger partial charge in [0.2, 0.25) is 10.0 Å². The van der Waals surface area contributed by atoms with Crippen LogP contribution in [0.1, 0.15) is 13.8 Å². The first-order chi connectivity index (χ1) is 8.38. The van der Waals surface area contributed by atoms with Gasteiger partial charge in [-0.2, -0.15) is 0 Å². The quantitative estimate of drug-likeness (QED) is 0.783. The highest BCUT2D eigenvalue weighted by atomic mass is 32.2. The fourth-order valence-electron chi connectivity index (χ4n) is 1.21. The van der Waals surface area contributed by atoms with Crippen molar-refractivity contribution in [3.63, 3.8) is 0 Å². The van der Waals surface area contributed by atoms with Crippen molar-refractivity contribution in [2.75, 3.05) is 10.5 Å². The van der Waals surface area contributed by atoms with E-state index in [-0.39, 0.29) is 0 Å². The molecule has 0 fully saturated rings. The van der Waals surface area contributed by atoms with Gasteiger partial charge in [0.05, 0.1) is 5.69 Å². The van der Waals surface area contributed by atoms with Crippen LogP contribution in [0.4, 0.5) is 5.69 Å². The van der Waals surface area contributed by atoms with Crippen LogP contribution in [0.25, 0.3) is 0 Å². The first-order valence-corrected chi connectivity index (χ1v) is 7.88. The van der Waals surface area contributed by atoms with Crippen LogP contribution >= 0.6 is 11.8 Å². The molecule has 0 spiro atoms. The van der Waals surface area contributed by atoms with Crippen molar-refractivity contribution in [1.82, 2.24) is 0 Å². The number of benzene rings is 1. The number of sulfonamides is 1. The monoisotopic (exact) mass is 289 g/mol. The molecule has 0 aliphatic heterocycles. The molecule has 5 nitrogen and oxygen atoms in total. The second-order valence-electron chi connectivity index (χ2n) is 3.56. The lowest BCUT2D eigenvalue weighted by Crippen LogP contribution is -2.32. The topological polar surface area (TPSA) is 83.5 Å². The summed E-state index contributed by atoms with van der Waals surface area (Å²) in [6.07, 6.45) is 0. The average Bonchev–Trinajstić information content (AvgIpc) is 2.30. The van der Waals surface area contributed by atoms with Crippen molar-refractivity contribution in [3.05, 3.63) is 24.3 Å². The lowest BCUT2D eigenvalue weighted by atomic mass is 10.3. The molecule has 1 aromatic rings. The van der Waals surface area contributed by atoms with Gasteiger partial charge in [-0.05, 0) is 24.8 Å². The van der Waals surface area contributed by atoms with E-state index in [2.05, 4.69) is 4.72 Å². The number of carboxylic acids is 1. The third-order valence-electron chi connectivity index (χ3n) is 2.25. The molecule has 1 rings (SSSR count). The minimum absolute atomic E-state index is 0.414. The summed E-state index contributed by atoms with van der Waals surface area (Å²) >= 11 is 1.49. The first kappa shape index (κ1) is 14.8. The van der Waals surface area contributed by atoms with Gasteiger partial charge in [0, 0.05) is 4.90 Å². The molecule has 1 aromatic carbocycles. The van der Waals surface area contributed by atoms with Gasteiger partial charge in [0.1, 0.15) is 0 Å². The van der Waals surface area contributed by atoms with E-state index in [4.69, 9.17) is 5.11 Å². The number of hydrogen-bond donors (Lipinski definition) is 2. The van der Waals surface area contributed by atoms with Gasteiger partial charge >= 0.3 is 5.97 Å². The van der Waals surface area contributed by atoms with Crippen molar-refractivity contribution in [1.29, 1.82) is 0 Å². The Bertz CT molecular complexity index is 528. The molecular weight excluding hydrogens is 274 g/mol. The molecule has 0 saturated carbocycles. The Balaban J connectivity index is 3.01. The molecule has 1 unspecified atom stereocenters. The SMILES string of the molecule is CCSc1ccccc1NS(=O)(=O)C(C)C(=O)O. The van der Waals surface area contributed by atoms with Crippen LogP contribution in [0.5, 0.6) is 0 Å². The average molecular weight is 289 g/mol. The summed E-state index contributed by atoms with van der Waals surface area (Å²) in [5, 5.41) is 7.26. The Labute approximate surface area is 111 Å². The molecule has 0 heterocycles. The maximum absolute atomic E-state index is 11.8. The third-order valence-corrected chi connectivity index (χ3v) is 4.84. The van der Waals surface area contributed by atoms with Gasteiger partial charge in [-0.1, -0.05) is 19.1 Å². The maximum Gasteiger partial charge on any atom is 0.323 e. The molecule has 100 valence electrons. The number of rotatable bonds is 6. The standard InChI is InChI=1S/C11H15NO4S2/c1-3-17-10-7-5-4-6-9(10)12-18(15,16)8(2)11(13)14/h4-8,12H,3H2,1-2H3,(H,13,14). The second kappa shape index (κ2) is 6.10. The Kier molecular flexibility index (Phi) is 5.03. The Morgan fingerprint density at radius 2 is 2.06 bits per heavy atom. The van der Waals surface area contributed by atoms with Crippen LogP contribution < -0.4 is 4.72 Å². The molecule has 0 aliphatic carbocycles. The lowest BCUT2D eigenvalue weighted by Gasteiger charge is -2.13. The summed E-state index contributed by atoms with van der Waals surface area (Å²) < 4.78 is 25.9. The lowest BCUT2D eigenvalue weighted by molar-refractivity contribution is -0.136. The van der Waals surface area contributed by atoms with Gasteiger partial charge in [0.25, 0.3) is 0 Å². The molecular formula is C11H15NO4S2. The highest BCUT2D eigenvalue weighted by molar-refractivity contribution is 7.99. The molecule has 2 N–H and O–H groups in total. The minimum atomic E-state index is -3.92. The number of para-hydroxylation sites is 1. The number of thioether (sulfide) groups is 1. The van der Waals surface area contributed by atoms with Gasteiger partial charge in [-0.3, -0.25) is 9.52 Å². The third kappa shape index (κ3) is 3.64. The van der Waals surface area contributed by atoms with Crippen molar-refractivity contribution in [3.8, 4) is 0 Å². The van der Waals surface area contributed by atoms with Crippen LogP contribution in [-0.2, 0) is 14.8 Å². The zero-order chi connectivity index (χ0) is 13.8. The molecule has 18 heavy (non-hydrogen) atoms. The zero-order valence-corrected chi connectivity index (χ0v) is 11.7. The minimum Gasteiger partial charge on any atom is -0.480 e. The van der Waals surface area contributed by atoms with Crippen molar-refractivity contribution in [2.45, 2.75) is 24.0 Å². The fraction of sp³-hybridized carbons (Fsp3) is 0.364. The Morgan fingerprint density at radius 1 is 1.44 bits per heavy atom. The number of carboxylic acid groups (broad SMARTS) is 1. The van der Waals surface area contributed by atoms with Crippen LogP contribution in [0.2, 0.25) is 0 Å². The van der Waals surface area contributed by atoms with Crippen molar-refractivity contribution < 1.29 is 18.3 Å². The van der Waals surface area contributed by atoms with E-state index in [1.807, 2.05) is 6.92 Å². The number of anilines is 1. The van der Waals surface area contributed by atoms with Gasteiger partial charge in [-0.15, -0.1) is 11.8 Å². The van der Waals surface area contributed by atoms with Crippen LogP contribution in [0.3, 0.4) is 0 Å². The molecule has 1 atom stereocenters. The molecule has 0 saturated heterocycles. The van der Waals surface area contributed by atoms with E-state index in [0.717, 1.165) is 17.6 Å². The second-order valence-corrected chi connectivity index (χ2v) is 6.86. The predicted octanol–water partition coefficient (Wildman–Crippen LogP) is 2.01. The van der Waals surface area contributed by atoms with E-state index in [1.54, 1.807) is 24.3 Å². The summed E-state index contributed by atoms with van der Waals surface area (Å²) in [5.74, 6) is -0.573. The first-order valence-electron chi connectivity index (χ1n) is 5.34. The molecule has 0 aromatic heterocycles. The summed E-state index contributed by atoms with van der Waals surface area (Å²) in [4.78, 5) is 11.5. The molecule has 7 heteroatoms.